The largest absolute Gasteiger partial charge is 0.508 e. The lowest BCUT2D eigenvalue weighted by Crippen LogP contribution is -2.70. The maximum absolute atomic E-state index is 14.5. The van der Waals surface area contributed by atoms with Crippen LogP contribution in [0.3, 0.4) is 0 Å². The Hall–Kier alpha value is -7.44. The Morgan fingerprint density at radius 3 is 1.55 bits per heavy atom. The van der Waals surface area contributed by atoms with Crippen LogP contribution < -0.4 is 4.74 Å². The molecule has 13 N–H and O–H groups in total. The number of ether oxygens (including phenoxy) is 16. The van der Waals surface area contributed by atoms with Gasteiger partial charge in [0.1, 0.15) is 123 Å². The molecule has 5 heterocycles. The van der Waals surface area contributed by atoms with Crippen LogP contribution in [0, 0.1) is 0 Å². The van der Waals surface area contributed by atoms with Crippen molar-refractivity contribution in [1.82, 2.24) is 0 Å². The summed E-state index contributed by atoms with van der Waals surface area (Å²) in [6, 6.07) is 16.3. The molecule has 3 aromatic carbocycles. The van der Waals surface area contributed by atoms with Gasteiger partial charge in [0, 0.05) is 32.9 Å². The summed E-state index contributed by atoms with van der Waals surface area (Å²) < 4.78 is 95.4. The van der Waals surface area contributed by atoms with Gasteiger partial charge in [0.2, 0.25) is 5.79 Å². The molecule has 8 rings (SSSR count). The number of phenols is 2. The number of carbonyl (C=O) groups is 6. The van der Waals surface area contributed by atoms with Gasteiger partial charge in [-0.15, -0.1) is 0 Å². The van der Waals surface area contributed by atoms with E-state index >= 15 is 0 Å². The van der Waals surface area contributed by atoms with Crippen LogP contribution in [0.5, 0.6) is 17.2 Å². The van der Waals surface area contributed by atoms with Gasteiger partial charge in [-0.05, 0) is 59.7 Å². The Kier molecular flexibility index (Phi) is 26.3. The number of phenolic OH excluding ortho intramolecular Hbond substituents is 2. The van der Waals surface area contributed by atoms with Crippen molar-refractivity contribution < 1.29 is 171 Å². The molecule has 24 atom stereocenters. The molecule has 97 heavy (non-hydrogen) atoms. The van der Waals surface area contributed by atoms with Crippen molar-refractivity contribution >= 4 is 48.0 Å². The first-order valence-electron chi connectivity index (χ1n) is 30.0. The number of carbonyl (C=O) groups excluding carboxylic acids is 6. The minimum atomic E-state index is -3.04. The molecule has 5 aliphatic heterocycles. The molecule has 5 saturated heterocycles. The van der Waals surface area contributed by atoms with Crippen molar-refractivity contribution in [2.24, 2.45) is 0 Å². The van der Waals surface area contributed by atoms with Crippen LogP contribution in [0.4, 0.5) is 0 Å². The van der Waals surface area contributed by atoms with Gasteiger partial charge in [-0.3, -0.25) is 14.4 Å². The van der Waals surface area contributed by atoms with Crippen LogP contribution in [0.15, 0.2) is 84.9 Å². The van der Waals surface area contributed by atoms with E-state index in [1.807, 2.05) is 0 Å². The molecule has 5 aliphatic rings. The molecule has 5 fully saturated rings. The zero-order chi connectivity index (χ0) is 70.6. The lowest BCUT2D eigenvalue weighted by Gasteiger charge is -2.51. The highest BCUT2D eigenvalue weighted by Crippen LogP contribution is 2.43. The van der Waals surface area contributed by atoms with Gasteiger partial charge in [-0.25, -0.2) is 14.4 Å². The number of hydrogen-bond donors (Lipinski definition) is 13. The highest BCUT2D eigenvalue weighted by atomic mass is 16.8. The normalized spacial score (nSPS) is 35.1. The van der Waals surface area contributed by atoms with Gasteiger partial charge in [-0.1, -0.05) is 36.4 Å². The third kappa shape index (κ3) is 18.5. The molecule has 0 aliphatic carbocycles. The minimum absolute atomic E-state index is 0.0487. The van der Waals surface area contributed by atoms with E-state index in [2.05, 4.69) is 0 Å². The molecule has 534 valence electrons. The van der Waals surface area contributed by atoms with Gasteiger partial charge in [0.15, 0.2) is 55.0 Å². The quantitative estimate of drug-likeness (QED) is 0.0205. The van der Waals surface area contributed by atoms with Gasteiger partial charge >= 0.3 is 35.8 Å². The van der Waals surface area contributed by atoms with Crippen molar-refractivity contribution in [2.45, 2.75) is 168 Å². The zero-order valence-electron chi connectivity index (χ0n) is 52.1. The number of aliphatic hydroxyl groups excluding tert-OH is 11. The highest BCUT2D eigenvalue weighted by molar-refractivity contribution is 5.90. The van der Waals surface area contributed by atoms with Crippen molar-refractivity contribution in [3.8, 4) is 17.2 Å². The molecule has 3 aromatic rings. The fourth-order valence-corrected chi connectivity index (χ4v) is 10.9. The minimum Gasteiger partial charge on any atom is -0.508 e. The molecule has 0 amide bonds. The van der Waals surface area contributed by atoms with Crippen molar-refractivity contribution in [1.29, 1.82) is 0 Å². The van der Waals surface area contributed by atoms with Crippen LogP contribution in [-0.4, -0.2) is 296 Å². The van der Waals surface area contributed by atoms with E-state index in [4.69, 9.17) is 75.8 Å². The van der Waals surface area contributed by atoms with E-state index in [1.165, 1.54) is 79.9 Å². The molecule has 0 bridgehead atoms. The summed E-state index contributed by atoms with van der Waals surface area (Å²) in [5, 5.41) is 143. The first-order valence-corrected chi connectivity index (χ1v) is 30.0. The van der Waals surface area contributed by atoms with Gasteiger partial charge in [0.25, 0.3) is 0 Å². The van der Waals surface area contributed by atoms with Gasteiger partial charge in [-0.2, -0.15) is 0 Å². The lowest BCUT2D eigenvalue weighted by molar-refractivity contribution is -0.423. The summed E-state index contributed by atoms with van der Waals surface area (Å²) in [6.07, 6.45) is -46.2. The van der Waals surface area contributed by atoms with E-state index < -0.39 is 222 Å². The molecular weight excluding hydrogens is 1300 g/mol. The van der Waals surface area contributed by atoms with Crippen LogP contribution in [-0.2, 0) is 95.0 Å². The standard InChI is InChI=1S/C62H76O35/c1-27(66)83-24-39-51(86-29(3)68)53(92-58-48(78)46(76)43(73)36(21-63)87-58)50(80)60(89-39)93-54-52(91-42(72)19-14-31-12-17-34(70)35(20-31)82-4)40(25-84-28(2)67)90-61(55(54)94-59-49(79)47(77)44(74)37(22-64)88-59)97-62(26-85-41(71)18-13-30-10-15-33(69)16-11-30)56(45(75)38(23-65)96-62)95-57(81)32-8-6-5-7-9-32/h5-20,36-40,43-56,58-61,63-65,69-70,73-80H,21-26H2,1-4H3/b18-13+,19-14+/t36-,37-,38-,39-,40-,43-,44-,45-,46+,47+,48-,49-,50-,51-,52-,53-,54+,55-,56+,58+,59+,60+,61-,62+/m1/s1. The molecule has 0 saturated carbocycles. The number of aliphatic hydroxyl groups is 11. The fourth-order valence-electron chi connectivity index (χ4n) is 10.9. The molecule has 0 unspecified atom stereocenters. The van der Waals surface area contributed by atoms with Crippen LogP contribution in [0.1, 0.15) is 42.3 Å². The van der Waals surface area contributed by atoms with E-state index in [0.29, 0.717) is 5.56 Å². The number of methoxy groups -OCH3 is 1. The van der Waals surface area contributed by atoms with Crippen molar-refractivity contribution in [3.05, 3.63) is 102 Å². The van der Waals surface area contributed by atoms with Crippen molar-refractivity contribution in [2.75, 3.05) is 46.8 Å². The first-order chi connectivity index (χ1) is 46.2. The molecule has 0 aromatic heterocycles. The Labute approximate surface area is 550 Å². The number of esters is 6. The Balaban J connectivity index is 1.33. The van der Waals surface area contributed by atoms with E-state index in [9.17, 15) is 95.2 Å². The SMILES string of the molecule is COc1cc(/C=C/C(=O)O[C@H]2[C@H](O[C@@H]3O[C@H](COC(C)=O)[C@@H](OC(C)=O)[C@H](O[C@@H]4O[C@H](CO)[C@@H](O)[C@H](O)[C@H]4O)[C@H]3O)[C@@H](O[C@@H]3O[C@H](CO)[C@@H](O)[C@H](O)[C@H]3O)[C@@H](O[C@]3(COC(=O)/C=C/c4ccc(O)cc4)O[C@H](CO)[C@@H](O)[C@@H]3OC(=O)c3ccccc3)O[C@@H]2COC(C)=O)ccc1O. The Bertz CT molecular complexity index is 3180. The number of rotatable bonds is 26. The maximum atomic E-state index is 14.5. The maximum Gasteiger partial charge on any atom is 0.338 e. The first kappa shape index (κ1) is 75.3. The van der Waals surface area contributed by atoms with Crippen LogP contribution in [0.25, 0.3) is 12.2 Å². The van der Waals surface area contributed by atoms with E-state index in [1.54, 1.807) is 6.07 Å². The third-order valence-corrected chi connectivity index (χ3v) is 15.8. The summed E-state index contributed by atoms with van der Waals surface area (Å²) in [5.74, 6) is -10.4. The molecule has 0 spiro atoms. The van der Waals surface area contributed by atoms with Gasteiger partial charge < -0.3 is 142 Å². The lowest BCUT2D eigenvalue weighted by atomic mass is 9.95. The summed E-state index contributed by atoms with van der Waals surface area (Å²) in [4.78, 5) is 80.9. The second-order valence-electron chi connectivity index (χ2n) is 22.6. The molecule has 35 nitrogen and oxygen atoms in total. The number of hydrogen-bond acceptors (Lipinski definition) is 35. The Morgan fingerprint density at radius 1 is 0.485 bits per heavy atom. The van der Waals surface area contributed by atoms with Crippen LogP contribution >= 0.6 is 0 Å². The fraction of sp³-hybridized carbons (Fsp3) is 0.548. The third-order valence-electron chi connectivity index (χ3n) is 15.8. The highest BCUT2D eigenvalue weighted by Gasteiger charge is 2.65. The average molecular weight is 1380 g/mol. The molecule has 35 heteroatoms. The molecule has 0 radical (unpaired) electrons. The summed E-state index contributed by atoms with van der Waals surface area (Å²) in [6.45, 7) is -3.72. The van der Waals surface area contributed by atoms with E-state index in [0.717, 1.165) is 39.0 Å². The smallest absolute Gasteiger partial charge is 0.338 e. The summed E-state index contributed by atoms with van der Waals surface area (Å²) in [5.41, 5.74) is 0.382. The number of benzene rings is 3. The monoisotopic (exact) mass is 1380 g/mol. The zero-order valence-corrected chi connectivity index (χ0v) is 52.1. The second kappa shape index (κ2) is 33.9. The average Bonchev–Trinajstić information content (AvgIpc) is 1.67. The topological polar surface area (TPSA) is 513 Å². The summed E-state index contributed by atoms with van der Waals surface area (Å²) in [7, 11) is 1.24. The predicted molar refractivity (Wildman–Crippen MR) is 313 cm³/mol. The van der Waals surface area contributed by atoms with Crippen LogP contribution in [0.2, 0.25) is 0 Å². The molecular formula is C62H76O35. The van der Waals surface area contributed by atoms with Gasteiger partial charge in [0.05, 0.1) is 32.5 Å². The Morgan fingerprint density at radius 2 is 0.990 bits per heavy atom. The summed E-state index contributed by atoms with van der Waals surface area (Å²) >= 11 is 0. The number of aromatic hydroxyl groups is 2. The van der Waals surface area contributed by atoms with E-state index in [-0.39, 0.29) is 28.4 Å². The second-order valence-corrected chi connectivity index (χ2v) is 22.6. The van der Waals surface area contributed by atoms with Crippen molar-refractivity contribution in [3.63, 3.8) is 0 Å². The predicted octanol–water partition coefficient (Wildman–Crippen LogP) is -4.40.